The maximum absolute atomic E-state index is 6.25. The fourth-order valence-electron chi connectivity index (χ4n) is 8.69. The van der Waals surface area contributed by atoms with Gasteiger partial charge in [-0.05, 0) is 78.9 Å². The number of benzene rings is 6. The minimum Gasteiger partial charge on any atom is -0.491 e. The van der Waals surface area contributed by atoms with Crippen molar-refractivity contribution in [2.24, 2.45) is 0 Å². The zero-order valence-corrected chi connectivity index (χ0v) is 37.7. The molecule has 0 saturated carbocycles. The Labute approximate surface area is 386 Å². The lowest BCUT2D eigenvalue weighted by Crippen LogP contribution is -2.14. The topological polar surface area (TPSA) is 92.9 Å². The molecule has 0 radical (unpaired) electrons. The maximum Gasteiger partial charge on any atom is 0.123 e. The summed E-state index contributed by atoms with van der Waals surface area (Å²) in [6, 6.07) is 46.5. The summed E-state index contributed by atoms with van der Waals surface area (Å²) >= 11 is 0. The molecule has 9 rings (SSSR count). The number of para-hydroxylation sites is 4. The van der Waals surface area contributed by atoms with Gasteiger partial charge < -0.3 is 51.8 Å². The number of hydrogen-bond donors (Lipinski definition) is 0. The molecule has 0 atom stereocenters. The predicted molar refractivity (Wildman–Crippen MR) is 260 cm³/mol. The molecule has 1 aliphatic rings. The number of ether oxygens (including phenoxy) is 9. The van der Waals surface area contributed by atoms with Crippen LogP contribution in [0.15, 0.2) is 133 Å². The summed E-state index contributed by atoms with van der Waals surface area (Å²) in [5.74, 6) is 2.96. The van der Waals surface area contributed by atoms with Crippen molar-refractivity contribution in [2.45, 2.75) is 32.4 Å². The molecule has 11 nitrogen and oxygen atoms in total. The van der Waals surface area contributed by atoms with Crippen LogP contribution in [0.1, 0.15) is 30.4 Å². The quantitative estimate of drug-likeness (QED) is 0.171. The molecule has 4 bridgehead atoms. The molecule has 66 heavy (non-hydrogen) atoms. The summed E-state index contributed by atoms with van der Waals surface area (Å²) in [4.78, 5) is 0. The van der Waals surface area contributed by atoms with E-state index in [1.165, 1.54) is 43.6 Å². The molecule has 344 valence electrons. The molecule has 0 saturated heterocycles. The Kier molecular flexibility index (Phi) is 16.0. The summed E-state index contributed by atoms with van der Waals surface area (Å²) in [7, 11) is 0. The van der Waals surface area contributed by atoms with E-state index in [-0.39, 0.29) is 0 Å². The molecule has 0 fully saturated rings. The number of aromatic nitrogens is 2. The van der Waals surface area contributed by atoms with Crippen LogP contribution in [0.4, 0.5) is 0 Å². The van der Waals surface area contributed by atoms with Gasteiger partial charge >= 0.3 is 0 Å². The Morgan fingerprint density at radius 3 is 0.879 bits per heavy atom. The zero-order chi connectivity index (χ0) is 44.6. The van der Waals surface area contributed by atoms with E-state index < -0.39 is 0 Å². The van der Waals surface area contributed by atoms with E-state index in [1.807, 2.05) is 12.1 Å². The van der Waals surface area contributed by atoms with Gasteiger partial charge in [0.05, 0.1) is 52.9 Å². The molecular formula is C55H60N2O9. The van der Waals surface area contributed by atoms with Crippen LogP contribution in [0.5, 0.6) is 23.0 Å². The van der Waals surface area contributed by atoms with Gasteiger partial charge in [-0.2, -0.15) is 0 Å². The first-order valence-corrected chi connectivity index (χ1v) is 23.4. The van der Waals surface area contributed by atoms with Gasteiger partial charge in [0.1, 0.15) is 49.4 Å². The summed E-state index contributed by atoms with van der Waals surface area (Å²) < 4.78 is 59.1. The number of rotatable bonds is 4. The average Bonchev–Trinajstić information content (AvgIpc) is 3.83. The number of fused-ring (bicyclic) bond motifs is 10. The molecule has 0 spiro atoms. The van der Waals surface area contributed by atoms with E-state index in [2.05, 4.69) is 130 Å². The van der Waals surface area contributed by atoms with Crippen LogP contribution >= 0.6 is 0 Å². The van der Waals surface area contributed by atoms with Gasteiger partial charge in [-0.3, -0.25) is 0 Å². The van der Waals surface area contributed by atoms with Gasteiger partial charge in [0.25, 0.3) is 0 Å². The smallest absolute Gasteiger partial charge is 0.123 e. The second-order valence-electron chi connectivity index (χ2n) is 16.4. The SMILES string of the molecule is c1ccc2c(c1)c1ccccc1n2Cc1cc2cc(c1)OCCOCCOCCOCCOc1cc(Cn3c4ccccc4c4ccccc43)cc(c1)OCCOCCCCCOCCO2. The Balaban J connectivity index is 0.793. The highest BCUT2D eigenvalue weighted by Crippen LogP contribution is 2.33. The third kappa shape index (κ3) is 11.8. The molecule has 2 aromatic heterocycles. The van der Waals surface area contributed by atoms with Gasteiger partial charge in [0.15, 0.2) is 0 Å². The molecule has 0 aliphatic carbocycles. The lowest BCUT2D eigenvalue weighted by atomic mass is 10.2. The molecule has 3 heterocycles. The van der Waals surface area contributed by atoms with E-state index in [9.17, 15) is 0 Å². The molecule has 0 N–H and O–H groups in total. The van der Waals surface area contributed by atoms with Crippen molar-refractivity contribution in [3.8, 4) is 23.0 Å². The van der Waals surface area contributed by atoms with Crippen LogP contribution < -0.4 is 18.9 Å². The highest BCUT2D eigenvalue weighted by atomic mass is 16.6. The third-order valence-corrected chi connectivity index (χ3v) is 11.7. The third-order valence-electron chi connectivity index (χ3n) is 11.7. The zero-order valence-electron chi connectivity index (χ0n) is 37.7. The minimum absolute atomic E-state index is 0.395. The second kappa shape index (κ2) is 23.4. The van der Waals surface area contributed by atoms with Crippen LogP contribution in [-0.4, -0.2) is 102 Å². The van der Waals surface area contributed by atoms with E-state index >= 15 is 0 Å². The van der Waals surface area contributed by atoms with Gasteiger partial charge in [0.2, 0.25) is 0 Å². The highest BCUT2D eigenvalue weighted by molar-refractivity contribution is 6.09. The minimum atomic E-state index is 0.395. The van der Waals surface area contributed by atoms with Crippen molar-refractivity contribution < 1.29 is 42.6 Å². The van der Waals surface area contributed by atoms with Crippen LogP contribution in [0, 0.1) is 0 Å². The van der Waals surface area contributed by atoms with Gasteiger partial charge in [0, 0.05) is 82.0 Å². The molecule has 11 heteroatoms. The Morgan fingerprint density at radius 1 is 0.288 bits per heavy atom. The largest absolute Gasteiger partial charge is 0.491 e. The summed E-state index contributed by atoms with van der Waals surface area (Å²) in [6.45, 7) is 8.00. The number of hydrogen-bond acceptors (Lipinski definition) is 9. The first kappa shape index (κ1) is 45.1. The fourth-order valence-corrected chi connectivity index (χ4v) is 8.69. The van der Waals surface area contributed by atoms with Gasteiger partial charge in [-0.25, -0.2) is 0 Å². The maximum atomic E-state index is 6.25. The first-order valence-electron chi connectivity index (χ1n) is 23.4. The van der Waals surface area contributed by atoms with Crippen LogP contribution in [0.25, 0.3) is 43.6 Å². The predicted octanol–water partition coefficient (Wildman–Crippen LogP) is 10.5. The van der Waals surface area contributed by atoms with E-state index in [0.717, 1.165) is 53.4 Å². The molecule has 0 unspecified atom stereocenters. The Hall–Kier alpha value is -6.08. The Bertz CT molecular complexity index is 2420. The van der Waals surface area contributed by atoms with Crippen molar-refractivity contribution in [1.82, 2.24) is 9.13 Å². The van der Waals surface area contributed by atoms with Crippen molar-refractivity contribution in [3.63, 3.8) is 0 Å². The van der Waals surface area contributed by atoms with Crippen molar-refractivity contribution in [1.29, 1.82) is 0 Å². The molecule has 0 amide bonds. The highest BCUT2D eigenvalue weighted by Gasteiger charge is 2.14. The summed E-state index contributed by atoms with van der Waals surface area (Å²) in [5, 5.41) is 4.96. The lowest BCUT2D eigenvalue weighted by molar-refractivity contribution is 0.00496. The van der Waals surface area contributed by atoms with Gasteiger partial charge in [-0.1, -0.05) is 72.8 Å². The van der Waals surface area contributed by atoms with Crippen molar-refractivity contribution in [2.75, 3.05) is 92.5 Å². The first-order chi connectivity index (χ1) is 32.8. The van der Waals surface area contributed by atoms with Crippen LogP contribution in [0.3, 0.4) is 0 Å². The van der Waals surface area contributed by atoms with E-state index in [0.29, 0.717) is 106 Å². The van der Waals surface area contributed by atoms with E-state index in [4.69, 9.17) is 42.6 Å². The average molecular weight is 893 g/mol. The van der Waals surface area contributed by atoms with Crippen molar-refractivity contribution >= 4 is 43.6 Å². The number of nitrogens with zero attached hydrogens (tertiary/aromatic N) is 2. The lowest BCUT2D eigenvalue weighted by Gasteiger charge is -2.15. The summed E-state index contributed by atoms with van der Waals surface area (Å²) in [5.41, 5.74) is 6.92. The van der Waals surface area contributed by atoms with Gasteiger partial charge in [-0.15, -0.1) is 0 Å². The molecule has 8 aromatic rings. The monoisotopic (exact) mass is 892 g/mol. The summed E-state index contributed by atoms with van der Waals surface area (Å²) in [6.07, 6.45) is 2.92. The van der Waals surface area contributed by atoms with Crippen molar-refractivity contribution in [3.05, 3.63) is 145 Å². The van der Waals surface area contributed by atoms with Crippen LogP contribution in [0.2, 0.25) is 0 Å². The normalized spacial score (nSPS) is 16.4. The van der Waals surface area contributed by atoms with Crippen LogP contribution in [-0.2, 0) is 36.8 Å². The molecule has 6 aromatic carbocycles. The second-order valence-corrected chi connectivity index (χ2v) is 16.4. The Morgan fingerprint density at radius 2 is 0.561 bits per heavy atom. The van der Waals surface area contributed by atoms with E-state index in [1.54, 1.807) is 0 Å². The molecule has 1 aliphatic heterocycles. The standard InChI is InChI=1S/C55H60N2O9/c1-10-20-58-26-30-63-44-34-42(40-56-52-16-6-2-12-48(52)49-13-3-7-17-53(49)56)36-46(38-44)65-32-28-61-24-22-60-23-25-62-29-33-66-47-37-43(35-45(39-47)64-31-27-59-21-11-1)41-57-54-18-8-4-14-50(54)51-15-5-9-19-55(51)57/h2-9,12-19,34-39H,1,10-11,20-33,40-41H2. The molecular weight excluding hydrogens is 833 g/mol. The fraction of sp³-hybridized carbons (Fsp3) is 0.345.